The lowest BCUT2D eigenvalue weighted by Crippen LogP contribution is -2.46. The topological polar surface area (TPSA) is 58.6 Å². The zero-order chi connectivity index (χ0) is 17.3. The van der Waals surface area contributed by atoms with E-state index in [-0.39, 0.29) is 24.0 Å². The molecule has 0 aromatic carbocycles. The van der Waals surface area contributed by atoms with Gasteiger partial charge in [0.1, 0.15) is 0 Å². The van der Waals surface area contributed by atoms with E-state index in [2.05, 4.69) is 20.1 Å². The van der Waals surface area contributed by atoms with Crippen molar-refractivity contribution in [2.45, 2.75) is 37.8 Å². The van der Waals surface area contributed by atoms with E-state index in [9.17, 15) is 0 Å². The first-order valence-electron chi connectivity index (χ1n) is 9.83. The Hall–Kier alpha value is -0.160. The van der Waals surface area contributed by atoms with E-state index in [1.165, 1.54) is 12.8 Å². The SMILES string of the molecule is CN=C(NCCCOCC1CCCO1)N1CCC(N2CCOCC2)C1.I. The van der Waals surface area contributed by atoms with Gasteiger partial charge in [0.25, 0.3) is 0 Å². The lowest BCUT2D eigenvalue weighted by Gasteiger charge is -2.32. The normalized spacial score (nSPS) is 27.6. The molecule has 0 amide bonds. The molecule has 3 saturated heterocycles. The van der Waals surface area contributed by atoms with Crippen LogP contribution in [0.5, 0.6) is 0 Å². The van der Waals surface area contributed by atoms with Crippen LogP contribution in [-0.2, 0) is 14.2 Å². The molecular formula is C18H35IN4O3. The molecule has 3 heterocycles. The minimum Gasteiger partial charge on any atom is -0.379 e. The number of hydrogen-bond acceptors (Lipinski definition) is 5. The van der Waals surface area contributed by atoms with Gasteiger partial charge in [-0.3, -0.25) is 9.89 Å². The van der Waals surface area contributed by atoms with Crippen molar-refractivity contribution >= 4 is 29.9 Å². The molecule has 0 saturated carbocycles. The van der Waals surface area contributed by atoms with Crippen LogP contribution < -0.4 is 5.32 Å². The van der Waals surface area contributed by atoms with Gasteiger partial charge in [-0.25, -0.2) is 0 Å². The summed E-state index contributed by atoms with van der Waals surface area (Å²) in [5.74, 6) is 1.02. The lowest BCUT2D eigenvalue weighted by molar-refractivity contribution is 0.0168. The van der Waals surface area contributed by atoms with Crippen molar-refractivity contribution < 1.29 is 14.2 Å². The largest absolute Gasteiger partial charge is 0.379 e. The third-order valence-corrected chi connectivity index (χ3v) is 5.31. The van der Waals surface area contributed by atoms with Crippen molar-refractivity contribution in [3.8, 4) is 0 Å². The Morgan fingerprint density at radius 3 is 2.77 bits per heavy atom. The standard InChI is InChI=1S/C18H34N4O3.HI/c1-19-18(20-6-3-10-24-15-17-4-2-11-25-17)22-7-5-16(14-22)21-8-12-23-13-9-21;/h16-17H,2-15H2,1H3,(H,19,20);1H. The first kappa shape index (κ1) is 22.1. The number of nitrogens with zero attached hydrogens (tertiary/aromatic N) is 3. The van der Waals surface area contributed by atoms with Crippen LogP contribution in [0.3, 0.4) is 0 Å². The van der Waals surface area contributed by atoms with Crippen LogP contribution in [0.2, 0.25) is 0 Å². The average molecular weight is 482 g/mol. The van der Waals surface area contributed by atoms with Crippen molar-refractivity contribution in [2.24, 2.45) is 4.99 Å². The summed E-state index contributed by atoms with van der Waals surface area (Å²) in [6, 6.07) is 0.636. The smallest absolute Gasteiger partial charge is 0.193 e. The maximum Gasteiger partial charge on any atom is 0.193 e. The Labute approximate surface area is 174 Å². The van der Waals surface area contributed by atoms with E-state index >= 15 is 0 Å². The quantitative estimate of drug-likeness (QED) is 0.255. The van der Waals surface area contributed by atoms with E-state index in [1.54, 1.807) is 0 Å². The summed E-state index contributed by atoms with van der Waals surface area (Å²) >= 11 is 0. The zero-order valence-electron chi connectivity index (χ0n) is 16.0. The van der Waals surface area contributed by atoms with Crippen molar-refractivity contribution in [1.82, 2.24) is 15.1 Å². The Balaban J connectivity index is 0.00000243. The van der Waals surface area contributed by atoms with Crippen LogP contribution in [-0.4, -0.2) is 101 Å². The summed E-state index contributed by atoms with van der Waals surface area (Å²) in [6.45, 7) is 9.32. The Morgan fingerprint density at radius 1 is 1.19 bits per heavy atom. The molecule has 2 atom stereocenters. The molecule has 0 spiro atoms. The van der Waals surface area contributed by atoms with Gasteiger partial charge in [0, 0.05) is 59.0 Å². The predicted octanol–water partition coefficient (Wildman–Crippen LogP) is 1.17. The van der Waals surface area contributed by atoms with Crippen LogP contribution in [0.1, 0.15) is 25.7 Å². The highest BCUT2D eigenvalue weighted by molar-refractivity contribution is 14.0. The van der Waals surface area contributed by atoms with Crippen LogP contribution in [0.4, 0.5) is 0 Å². The molecule has 0 bridgehead atoms. The average Bonchev–Trinajstić information content (AvgIpc) is 3.34. The summed E-state index contributed by atoms with van der Waals surface area (Å²) in [7, 11) is 1.87. The molecule has 152 valence electrons. The van der Waals surface area contributed by atoms with Gasteiger partial charge in [0.15, 0.2) is 5.96 Å². The molecule has 3 rings (SSSR count). The van der Waals surface area contributed by atoms with Crippen molar-refractivity contribution in [3.63, 3.8) is 0 Å². The Kier molecular flexibility index (Phi) is 10.5. The molecule has 3 aliphatic heterocycles. The van der Waals surface area contributed by atoms with Gasteiger partial charge in [-0.05, 0) is 25.7 Å². The van der Waals surface area contributed by atoms with Crippen molar-refractivity contribution in [3.05, 3.63) is 0 Å². The second-order valence-electron chi connectivity index (χ2n) is 7.07. The van der Waals surface area contributed by atoms with E-state index in [4.69, 9.17) is 14.2 Å². The fourth-order valence-electron chi connectivity index (χ4n) is 3.87. The number of hydrogen-bond donors (Lipinski definition) is 1. The highest BCUT2D eigenvalue weighted by Gasteiger charge is 2.30. The second kappa shape index (κ2) is 12.3. The maximum absolute atomic E-state index is 5.72. The van der Waals surface area contributed by atoms with E-state index < -0.39 is 0 Å². The van der Waals surface area contributed by atoms with Crippen LogP contribution in [0, 0.1) is 0 Å². The Morgan fingerprint density at radius 2 is 2.04 bits per heavy atom. The lowest BCUT2D eigenvalue weighted by atomic mass is 10.2. The van der Waals surface area contributed by atoms with Gasteiger partial charge in [0.05, 0.1) is 25.9 Å². The molecule has 8 heteroatoms. The van der Waals surface area contributed by atoms with Crippen LogP contribution in [0.15, 0.2) is 4.99 Å². The van der Waals surface area contributed by atoms with Gasteiger partial charge in [0.2, 0.25) is 0 Å². The monoisotopic (exact) mass is 482 g/mol. The number of aliphatic imine (C=N–C) groups is 1. The molecule has 26 heavy (non-hydrogen) atoms. The number of guanidine groups is 1. The van der Waals surface area contributed by atoms with Crippen LogP contribution in [0.25, 0.3) is 0 Å². The molecule has 7 nitrogen and oxygen atoms in total. The molecule has 0 aromatic heterocycles. The minimum atomic E-state index is 0. The molecule has 0 radical (unpaired) electrons. The number of ether oxygens (including phenoxy) is 3. The molecule has 2 unspecified atom stereocenters. The molecule has 3 aliphatic rings. The van der Waals surface area contributed by atoms with Gasteiger partial charge >= 0.3 is 0 Å². The van der Waals surface area contributed by atoms with Gasteiger partial charge < -0.3 is 24.4 Å². The zero-order valence-corrected chi connectivity index (χ0v) is 18.4. The molecule has 0 aromatic rings. The van der Waals surface area contributed by atoms with Gasteiger partial charge in [-0.2, -0.15) is 0 Å². The van der Waals surface area contributed by atoms with E-state index in [0.717, 1.165) is 84.6 Å². The number of halogens is 1. The highest BCUT2D eigenvalue weighted by Crippen LogP contribution is 2.17. The highest BCUT2D eigenvalue weighted by atomic mass is 127. The van der Waals surface area contributed by atoms with Crippen molar-refractivity contribution in [1.29, 1.82) is 0 Å². The fourth-order valence-corrected chi connectivity index (χ4v) is 3.87. The maximum atomic E-state index is 5.72. The fraction of sp³-hybridized carbons (Fsp3) is 0.944. The molecular weight excluding hydrogens is 447 g/mol. The number of morpholine rings is 1. The van der Waals surface area contributed by atoms with E-state index in [1.807, 2.05) is 7.05 Å². The molecule has 3 fully saturated rings. The van der Waals surface area contributed by atoms with Gasteiger partial charge in [-0.1, -0.05) is 0 Å². The predicted molar refractivity (Wildman–Crippen MR) is 114 cm³/mol. The summed E-state index contributed by atoms with van der Waals surface area (Å²) in [5.41, 5.74) is 0. The summed E-state index contributed by atoms with van der Waals surface area (Å²) in [6.07, 6.45) is 4.84. The second-order valence-corrected chi connectivity index (χ2v) is 7.07. The van der Waals surface area contributed by atoms with Crippen LogP contribution >= 0.6 is 24.0 Å². The third-order valence-electron chi connectivity index (χ3n) is 5.31. The van der Waals surface area contributed by atoms with Crippen molar-refractivity contribution in [2.75, 3.05) is 72.8 Å². The van der Waals surface area contributed by atoms with Gasteiger partial charge in [-0.15, -0.1) is 24.0 Å². The number of likely N-dealkylation sites (tertiary alicyclic amines) is 1. The first-order valence-corrected chi connectivity index (χ1v) is 9.83. The third kappa shape index (κ3) is 6.78. The number of rotatable bonds is 7. The first-order chi connectivity index (χ1) is 12.4. The summed E-state index contributed by atoms with van der Waals surface area (Å²) in [4.78, 5) is 9.41. The summed E-state index contributed by atoms with van der Waals surface area (Å²) in [5, 5.41) is 3.48. The summed E-state index contributed by atoms with van der Waals surface area (Å²) < 4.78 is 16.7. The minimum absolute atomic E-state index is 0. The number of nitrogens with one attached hydrogen (secondary N) is 1. The van der Waals surface area contributed by atoms with E-state index in [0.29, 0.717) is 12.1 Å². The Bertz CT molecular complexity index is 415. The molecule has 1 N–H and O–H groups in total. The molecule has 0 aliphatic carbocycles.